The van der Waals surface area contributed by atoms with Gasteiger partial charge in [0.05, 0.1) is 25.4 Å². The Bertz CT molecular complexity index is 1500. The molecule has 1 aliphatic heterocycles. The van der Waals surface area contributed by atoms with Crippen molar-refractivity contribution in [3.8, 4) is 0 Å². The number of amides is 1. The molecule has 8 atom stereocenters. The van der Waals surface area contributed by atoms with Crippen LogP contribution in [0.4, 0.5) is 0 Å². The first-order valence-electron chi connectivity index (χ1n) is 32.6. The number of ether oxygens (including phenoxy) is 3. The lowest BCUT2D eigenvalue weighted by atomic mass is 9.99. The predicted molar refractivity (Wildman–Crippen MR) is 324 cm³/mol. The van der Waals surface area contributed by atoms with Gasteiger partial charge in [0.1, 0.15) is 24.4 Å². The molecule has 0 aromatic carbocycles. The first kappa shape index (κ1) is 73.4. The highest BCUT2D eigenvalue weighted by molar-refractivity contribution is 5.80. The van der Waals surface area contributed by atoms with E-state index in [-0.39, 0.29) is 19.4 Å². The fraction of sp³-hybridized carbons (Fsp3) is 0.821. The van der Waals surface area contributed by atoms with Gasteiger partial charge in [-0.05, 0) is 89.9 Å². The molecule has 11 heteroatoms. The monoisotopic (exact) mass is 1100 g/mol. The normalized spacial score (nSPS) is 19.3. The number of allylic oxidation sites excluding steroid dienone is 9. The van der Waals surface area contributed by atoms with Crippen LogP contribution in [0.2, 0.25) is 0 Å². The van der Waals surface area contributed by atoms with Gasteiger partial charge < -0.3 is 45.1 Å². The lowest BCUT2D eigenvalue weighted by Crippen LogP contribution is -2.61. The molecule has 11 nitrogen and oxygen atoms in total. The van der Waals surface area contributed by atoms with E-state index in [2.05, 4.69) is 74.7 Å². The molecule has 0 radical (unpaired) electrons. The van der Waals surface area contributed by atoms with E-state index in [1.165, 1.54) is 161 Å². The number of rotatable bonds is 55. The van der Waals surface area contributed by atoms with Crippen LogP contribution in [0.25, 0.3) is 0 Å². The van der Waals surface area contributed by atoms with E-state index < -0.39 is 67.4 Å². The van der Waals surface area contributed by atoms with Gasteiger partial charge >= 0.3 is 5.97 Å². The van der Waals surface area contributed by atoms with E-state index in [1.807, 2.05) is 6.08 Å². The van der Waals surface area contributed by atoms with Crippen LogP contribution < -0.4 is 5.32 Å². The van der Waals surface area contributed by atoms with Gasteiger partial charge in [-0.3, -0.25) is 9.59 Å². The average Bonchev–Trinajstić information content (AvgIpc) is 3.45. The van der Waals surface area contributed by atoms with Gasteiger partial charge in [0, 0.05) is 6.42 Å². The molecule has 6 N–H and O–H groups in total. The second-order valence-corrected chi connectivity index (χ2v) is 22.5. The molecule has 8 unspecified atom stereocenters. The maximum absolute atomic E-state index is 13.4. The maximum Gasteiger partial charge on any atom is 0.306 e. The molecule has 1 heterocycles. The molecule has 0 bridgehead atoms. The third kappa shape index (κ3) is 42.2. The van der Waals surface area contributed by atoms with Crippen LogP contribution in [-0.2, 0) is 23.8 Å². The van der Waals surface area contributed by atoms with E-state index in [1.54, 1.807) is 6.08 Å². The van der Waals surface area contributed by atoms with Crippen molar-refractivity contribution >= 4 is 11.9 Å². The van der Waals surface area contributed by atoms with E-state index >= 15 is 0 Å². The van der Waals surface area contributed by atoms with Gasteiger partial charge in [0.15, 0.2) is 12.4 Å². The van der Waals surface area contributed by atoms with Gasteiger partial charge in [0.2, 0.25) is 5.91 Å². The minimum atomic E-state index is -1.62. The summed E-state index contributed by atoms with van der Waals surface area (Å²) in [4.78, 5) is 26.5. The minimum absolute atomic E-state index is 0.103. The summed E-state index contributed by atoms with van der Waals surface area (Å²) in [7, 11) is 0. The molecule has 454 valence electrons. The lowest BCUT2D eigenvalue weighted by Gasteiger charge is -2.41. The molecular weight excluding hydrogens is 979 g/mol. The van der Waals surface area contributed by atoms with E-state index in [9.17, 15) is 35.1 Å². The molecule has 1 fully saturated rings. The zero-order valence-electron chi connectivity index (χ0n) is 50.3. The van der Waals surface area contributed by atoms with Crippen molar-refractivity contribution in [3.63, 3.8) is 0 Å². The SMILES string of the molecule is CCCCC/C=C\C/C=C\C/C=C\CCCCCCCCCCCCCC(O)C(=O)NC(COC1OC(CO)C(O)C(O)C1OC(=O)CCCCC/C=C\CCCCCCCC)C(O)/C=C/CCCCCCCCCCCC. The summed E-state index contributed by atoms with van der Waals surface area (Å²) in [5.74, 6) is -1.21. The molecule has 1 rings (SSSR count). The van der Waals surface area contributed by atoms with Crippen molar-refractivity contribution in [2.45, 2.75) is 339 Å². The molecule has 1 aliphatic rings. The number of carbonyl (C=O) groups is 2. The van der Waals surface area contributed by atoms with Crippen LogP contribution >= 0.6 is 0 Å². The molecule has 1 amide bonds. The molecule has 1 saturated heterocycles. The summed E-state index contributed by atoms with van der Waals surface area (Å²) >= 11 is 0. The van der Waals surface area contributed by atoms with Crippen molar-refractivity contribution in [3.05, 3.63) is 60.8 Å². The second kappa shape index (κ2) is 54.9. The number of unbranched alkanes of at least 4 members (excludes halogenated alkanes) is 33. The third-order valence-electron chi connectivity index (χ3n) is 15.1. The molecule has 0 aromatic rings. The number of aliphatic hydroxyl groups is 5. The Morgan fingerprint density at radius 3 is 1.36 bits per heavy atom. The van der Waals surface area contributed by atoms with Crippen LogP contribution in [-0.4, -0.2) is 99.6 Å². The van der Waals surface area contributed by atoms with Crippen molar-refractivity contribution in [2.24, 2.45) is 0 Å². The smallest absolute Gasteiger partial charge is 0.306 e. The van der Waals surface area contributed by atoms with Crippen molar-refractivity contribution in [1.82, 2.24) is 5.32 Å². The highest BCUT2D eigenvalue weighted by Gasteiger charge is 2.47. The van der Waals surface area contributed by atoms with Gasteiger partial charge in [0.25, 0.3) is 0 Å². The zero-order valence-corrected chi connectivity index (χ0v) is 50.3. The fourth-order valence-corrected chi connectivity index (χ4v) is 9.95. The second-order valence-electron chi connectivity index (χ2n) is 22.5. The Morgan fingerprint density at radius 2 is 0.885 bits per heavy atom. The molecule has 78 heavy (non-hydrogen) atoms. The van der Waals surface area contributed by atoms with Crippen LogP contribution in [0, 0.1) is 0 Å². The number of aliphatic hydroxyl groups excluding tert-OH is 5. The molecular formula is C67H121NO10. The quantitative estimate of drug-likeness (QED) is 0.0195. The van der Waals surface area contributed by atoms with Crippen LogP contribution in [0.15, 0.2) is 60.8 Å². The van der Waals surface area contributed by atoms with Crippen molar-refractivity contribution < 1.29 is 49.3 Å². The molecule has 0 aliphatic carbocycles. The molecule has 0 aromatic heterocycles. The minimum Gasteiger partial charge on any atom is -0.454 e. The Labute approximate surface area is 478 Å². The van der Waals surface area contributed by atoms with Crippen LogP contribution in [0.1, 0.15) is 290 Å². The zero-order chi connectivity index (χ0) is 56.8. The Balaban J connectivity index is 2.62. The van der Waals surface area contributed by atoms with E-state index in [0.717, 1.165) is 83.5 Å². The maximum atomic E-state index is 13.4. The fourth-order valence-electron chi connectivity index (χ4n) is 9.95. The van der Waals surface area contributed by atoms with Gasteiger partial charge in [-0.2, -0.15) is 0 Å². The Kier molecular flexibility index (Phi) is 51.7. The Hall–Kier alpha value is -2.64. The van der Waals surface area contributed by atoms with Crippen molar-refractivity contribution in [1.29, 1.82) is 0 Å². The standard InChI is InChI=1S/C67H121NO10/c1-4-7-10-13-16-19-22-25-26-27-28-29-30-31-32-33-34-35-37-39-42-45-48-51-54-60(71)66(75)68-58(59(70)53-50-47-44-41-38-24-21-18-15-12-9-6-3)57-76-67-65(64(74)63(73)61(56-69)77-67)78-62(72)55-52-49-46-43-40-36-23-20-17-14-11-8-5-2/h16,19,25-26,28-29,36,40,50,53,58-61,63-65,67,69-71,73-74H,4-15,17-18,20-24,27,30-35,37-39,41-49,51-52,54-57H2,1-3H3,(H,68,75)/b19-16-,26-25-,29-28-,40-36-,53-50+. The average molecular weight is 1100 g/mol. The van der Waals surface area contributed by atoms with Crippen molar-refractivity contribution in [2.75, 3.05) is 13.2 Å². The predicted octanol–water partition coefficient (Wildman–Crippen LogP) is 15.8. The lowest BCUT2D eigenvalue weighted by molar-refractivity contribution is -0.305. The summed E-state index contributed by atoms with van der Waals surface area (Å²) in [6.07, 6.45) is 58.4. The molecule has 0 spiro atoms. The summed E-state index contributed by atoms with van der Waals surface area (Å²) < 4.78 is 17.6. The summed E-state index contributed by atoms with van der Waals surface area (Å²) in [5, 5.41) is 57.0. The van der Waals surface area contributed by atoms with Gasteiger partial charge in [-0.15, -0.1) is 0 Å². The number of carbonyl (C=O) groups excluding carboxylic acids is 2. The molecule has 0 saturated carbocycles. The summed E-state index contributed by atoms with van der Waals surface area (Å²) in [5.41, 5.74) is 0. The highest BCUT2D eigenvalue weighted by atomic mass is 16.7. The van der Waals surface area contributed by atoms with E-state index in [4.69, 9.17) is 14.2 Å². The van der Waals surface area contributed by atoms with Gasteiger partial charge in [-0.1, -0.05) is 255 Å². The van der Waals surface area contributed by atoms with E-state index in [0.29, 0.717) is 12.8 Å². The van der Waals surface area contributed by atoms with Gasteiger partial charge in [-0.25, -0.2) is 0 Å². The number of hydrogen-bond donors (Lipinski definition) is 6. The van der Waals surface area contributed by atoms with Crippen LogP contribution in [0.5, 0.6) is 0 Å². The number of hydrogen-bond acceptors (Lipinski definition) is 10. The van der Waals surface area contributed by atoms with Crippen LogP contribution in [0.3, 0.4) is 0 Å². The summed E-state index contributed by atoms with van der Waals surface area (Å²) in [6, 6.07) is -1.03. The largest absolute Gasteiger partial charge is 0.454 e. The Morgan fingerprint density at radius 1 is 0.500 bits per heavy atom. The topological polar surface area (TPSA) is 175 Å². The first-order valence-corrected chi connectivity index (χ1v) is 32.6. The summed E-state index contributed by atoms with van der Waals surface area (Å²) in [6.45, 7) is 5.75. The first-order chi connectivity index (χ1) is 38.2. The third-order valence-corrected chi connectivity index (χ3v) is 15.1. The highest BCUT2D eigenvalue weighted by Crippen LogP contribution is 2.26. The number of nitrogens with one attached hydrogen (secondary N) is 1. The number of esters is 1.